The molecular weight excluding hydrogens is 536 g/mol. The number of amides is 3. The molecular formula is C28H36N4O7S. The van der Waals surface area contributed by atoms with Crippen molar-refractivity contribution >= 4 is 34.2 Å². The lowest BCUT2D eigenvalue weighted by Gasteiger charge is -2.42. The van der Waals surface area contributed by atoms with Crippen molar-refractivity contribution in [1.29, 1.82) is 5.26 Å². The lowest BCUT2D eigenvalue weighted by atomic mass is 10.0. The van der Waals surface area contributed by atoms with Crippen LogP contribution < -0.4 is 19.8 Å². The minimum Gasteiger partial charge on any atom is -0.496 e. The standard InChI is InChI=1S/C28H36N4O7S/c1-8-37-25(33)23-18(4)22-24(40-23)31(27(35)32(39-22)28(5,6)26(34)30-17(2)3)16-21(38-15-11-14-29)19-12-9-10-13-20(19)36-7/h9-10,12-13,17,21H,8,11,15-16H2,1-7H3,(H,30,34). The van der Waals surface area contributed by atoms with E-state index in [0.717, 1.165) is 16.4 Å². The maximum atomic E-state index is 14.1. The highest BCUT2D eigenvalue weighted by Crippen LogP contribution is 2.48. The predicted molar refractivity (Wildman–Crippen MR) is 149 cm³/mol. The van der Waals surface area contributed by atoms with Crippen LogP contribution in [0.25, 0.3) is 0 Å². The lowest BCUT2D eigenvalue weighted by molar-refractivity contribution is -0.148. The number of hydrogen-bond donors (Lipinski definition) is 1. The molecule has 3 rings (SSSR count). The fourth-order valence-corrected chi connectivity index (χ4v) is 5.24. The van der Waals surface area contributed by atoms with Crippen LogP contribution in [0.2, 0.25) is 0 Å². The van der Waals surface area contributed by atoms with Crippen molar-refractivity contribution in [2.24, 2.45) is 0 Å². The topological polar surface area (TPSA) is 130 Å². The van der Waals surface area contributed by atoms with Gasteiger partial charge in [-0.15, -0.1) is 16.4 Å². The van der Waals surface area contributed by atoms with E-state index in [4.69, 9.17) is 24.3 Å². The predicted octanol–water partition coefficient (Wildman–Crippen LogP) is 4.75. The molecule has 2 heterocycles. The summed E-state index contributed by atoms with van der Waals surface area (Å²) < 4.78 is 16.9. The van der Waals surface area contributed by atoms with E-state index in [9.17, 15) is 14.4 Å². The highest BCUT2D eigenvalue weighted by atomic mass is 32.1. The van der Waals surface area contributed by atoms with Crippen LogP contribution in [0.15, 0.2) is 24.3 Å². The van der Waals surface area contributed by atoms with Crippen LogP contribution in [0.5, 0.6) is 11.5 Å². The van der Waals surface area contributed by atoms with Gasteiger partial charge in [-0.05, 0) is 47.6 Å². The van der Waals surface area contributed by atoms with Crippen LogP contribution >= 0.6 is 11.3 Å². The minimum absolute atomic E-state index is 0.0123. The van der Waals surface area contributed by atoms with Crippen molar-refractivity contribution in [3.05, 3.63) is 40.3 Å². The summed E-state index contributed by atoms with van der Waals surface area (Å²) in [5.41, 5.74) is -0.261. The zero-order valence-electron chi connectivity index (χ0n) is 23.9. The zero-order valence-corrected chi connectivity index (χ0v) is 24.7. The molecule has 3 amide bonds. The first-order chi connectivity index (χ1) is 19.0. The molecule has 0 bridgehead atoms. The molecule has 0 fully saturated rings. The number of benzene rings is 1. The van der Waals surface area contributed by atoms with E-state index >= 15 is 0 Å². The van der Waals surface area contributed by atoms with Crippen LogP contribution in [0.4, 0.5) is 9.80 Å². The fourth-order valence-electron chi connectivity index (χ4n) is 4.12. The van der Waals surface area contributed by atoms with E-state index in [1.807, 2.05) is 32.0 Å². The number of urea groups is 1. The third-order valence-electron chi connectivity index (χ3n) is 6.22. The van der Waals surface area contributed by atoms with E-state index in [1.165, 1.54) is 12.0 Å². The number of fused-ring (bicyclic) bond motifs is 1. The molecule has 1 N–H and O–H groups in total. The second kappa shape index (κ2) is 13.0. The average Bonchev–Trinajstić information content (AvgIpc) is 3.24. The Kier molecular flexibility index (Phi) is 10.0. The van der Waals surface area contributed by atoms with Gasteiger partial charge in [0.15, 0.2) is 11.3 Å². The van der Waals surface area contributed by atoms with E-state index in [-0.39, 0.29) is 42.8 Å². The number of thiophene rings is 1. The summed E-state index contributed by atoms with van der Waals surface area (Å²) in [5, 5.41) is 13.3. The lowest BCUT2D eigenvalue weighted by Crippen LogP contribution is -2.63. The number of methoxy groups -OCH3 is 1. The average molecular weight is 573 g/mol. The van der Waals surface area contributed by atoms with Gasteiger partial charge in [0.05, 0.1) is 39.4 Å². The number of carbonyl (C=O) groups excluding carboxylic acids is 3. The Hall–Kier alpha value is -3.82. The maximum Gasteiger partial charge on any atom is 0.359 e. The molecule has 12 heteroatoms. The fraction of sp³-hybridized carbons (Fsp3) is 0.500. The summed E-state index contributed by atoms with van der Waals surface area (Å²) in [6, 6.07) is 8.53. The molecule has 0 saturated carbocycles. The Bertz CT molecular complexity index is 1280. The van der Waals surface area contributed by atoms with Gasteiger partial charge in [0.2, 0.25) is 5.91 Å². The molecule has 1 atom stereocenters. The summed E-state index contributed by atoms with van der Waals surface area (Å²) in [7, 11) is 1.54. The summed E-state index contributed by atoms with van der Waals surface area (Å²) in [6.45, 7) is 10.5. The molecule has 11 nitrogen and oxygen atoms in total. The summed E-state index contributed by atoms with van der Waals surface area (Å²) >= 11 is 1.07. The number of carbonyl (C=O) groups is 3. The van der Waals surface area contributed by atoms with Crippen LogP contribution in [-0.2, 0) is 14.3 Å². The zero-order chi connectivity index (χ0) is 29.6. The van der Waals surface area contributed by atoms with E-state index in [0.29, 0.717) is 21.9 Å². The Morgan fingerprint density at radius 2 is 1.95 bits per heavy atom. The van der Waals surface area contributed by atoms with Gasteiger partial charge in [-0.3, -0.25) is 9.69 Å². The van der Waals surface area contributed by atoms with Gasteiger partial charge in [0.1, 0.15) is 21.7 Å². The SMILES string of the molecule is CCOC(=O)c1sc2c(c1C)ON(C(C)(C)C(=O)NC(C)C)C(=O)N2CC(OCCC#N)c1ccccc1OC. The molecule has 40 heavy (non-hydrogen) atoms. The highest BCUT2D eigenvalue weighted by molar-refractivity contribution is 7.18. The Balaban J connectivity index is 2.13. The van der Waals surface area contributed by atoms with Crippen LogP contribution in [0.1, 0.15) is 67.9 Å². The number of nitriles is 1. The van der Waals surface area contributed by atoms with Gasteiger partial charge in [0.25, 0.3) is 0 Å². The quantitative estimate of drug-likeness (QED) is 0.285. The molecule has 0 radical (unpaired) electrons. The van der Waals surface area contributed by atoms with E-state index in [1.54, 1.807) is 33.8 Å². The van der Waals surface area contributed by atoms with E-state index in [2.05, 4.69) is 11.4 Å². The van der Waals surface area contributed by atoms with Gasteiger partial charge in [-0.1, -0.05) is 18.2 Å². The molecule has 1 aliphatic rings. The molecule has 0 spiro atoms. The molecule has 216 valence electrons. The first kappa shape index (κ1) is 30.7. The van der Waals surface area contributed by atoms with Crippen molar-refractivity contribution < 1.29 is 33.4 Å². The number of nitrogens with zero attached hydrogens (tertiary/aromatic N) is 3. The van der Waals surface area contributed by atoms with Crippen LogP contribution in [0.3, 0.4) is 0 Å². The van der Waals surface area contributed by atoms with Gasteiger partial charge in [0, 0.05) is 17.2 Å². The molecule has 0 saturated heterocycles. The van der Waals surface area contributed by atoms with Gasteiger partial charge in [-0.2, -0.15) is 5.26 Å². The van der Waals surface area contributed by atoms with Gasteiger partial charge < -0.3 is 24.4 Å². The number of nitrogens with one attached hydrogen (secondary N) is 1. The summed E-state index contributed by atoms with van der Waals surface area (Å²) in [4.78, 5) is 47.8. The Morgan fingerprint density at radius 1 is 1.25 bits per heavy atom. The monoisotopic (exact) mass is 572 g/mol. The minimum atomic E-state index is -1.42. The van der Waals surface area contributed by atoms with Crippen molar-refractivity contribution in [2.75, 3.05) is 31.8 Å². The second-order valence-electron chi connectivity index (χ2n) is 9.89. The van der Waals surface area contributed by atoms with Gasteiger partial charge in [-0.25, -0.2) is 9.59 Å². The van der Waals surface area contributed by atoms with Crippen LogP contribution in [-0.4, -0.2) is 61.4 Å². The second-order valence-corrected chi connectivity index (χ2v) is 10.9. The number of ether oxygens (including phenoxy) is 3. The van der Waals surface area contributed by atoms with E-state index < -0.39 is 29.6 Å². The summed E-state index contributed by atoms with van der Waals surface area (Å²) in [5.74, 6) is -0.128. The number of hydroxylamine groups is 2. The van der Waals surface area contributed by atoms with Crippen LogP contribution in [0, 0.1) is 18.3 Å². The molecule has 1 aliphatic heterocycles. The first-order valence-corrected chi connectivity index (χ1v) is 13.8. The Labute approximate surface area is 238 Å². The third-order valence-corrected chi connectivity index (χ3v) is 7.49. The van der Waals surface area contributed by atoms with Crippen molar-refractivity contribution in [2.45, 2.75) is 65.6 Å². The molecule has 2 aromatic rings. The molecule has 1 aromatic carbocycles. The Morgan fingerprint density at radius 3 is 2.58 bits per heavy atom. The van der Waals surface area contributed by atoms with Crippen molar-refractivity contribution in [3.8, 4) is 17.6 Å². The summed E-state index contributed by atoms with van der Waals surface area (Å²) in [6.07, 6.45) is -0.560. The normalized spacial score (nSPS) is 13.8. The third kappa shape index (κ3) is 6.32. The smallest absolute Gasteiger partial charge is 0.359 e. The number of rotatable bonds is 12. The van der Waals surface area contributed by atoms with Crippen molar-refractivity contribution in [3.63, 3.8) is 0 Å². The number of para-hydroxylation sites is 1. The number of hydrogen-bond acceptors (Lipinski definition) is 9. The van der Waals surface area contributed by atoms with Gasteiger partial charge >= 0.3 is 12.0 Å². The number of anilines is 1. The number of esters is 1. The largest absolute Gasteiger partial charge is 0.496 e. The highest BCUT2D eigenvalue weighted by Gasteiger charge is 2.48. The molecule has 0 aliphatic carbocycles. The maximum absolute atomic E-state index is 14.1. The molecule has 1 aromatic heterocycles. The molecule has 1 unspecified atom stereocenters. The van der Waals surface area contributed by atoms with Crippen molar-refractivity contribution in [1.82, 2.24) is 10.4 Å². The first-order valence-electron chi connectivity index (χ1n) is 13.0.